The number of hydrogen-bond donors (Lipinski definition) is 1. The van der Waals surface area contributed by atoms with Gasteiger partial charge in [-0.1, -0.05) is 0 Å². The Balaban J connectivity index is 1.58. The topological polar surface area (TPSA) is 107 Å². The van der Waals surface area contributed by atoms with Gasteiger partial charge in [0.1, 0.15) is 13.2 Å². The van der Waals surface area contributed by atoms with E-state index in [2.05, 4.69) is 9.71 Å². The van der Waals surface area contributed by atoms with Crippen LogP contribution in [0, 0.1) is 0 Å². The smallest absolute Gasteiger partial charge is 0.416 e. The van der Waals surface area contributed by atoms with E-state index in [9.17, 15) is 26.4 Å². The quantitative estimate of drug-likeness (QED) is 0.638. The molecule has 1 aromatic rings. The van der Waals surface area contributed by atoms with E-state index in [1.807, 2.05) is 0 Å². The van der Waals surface area contributed by atoms with Crippen molar-refractivity contribution in [2.75, 3.05) is 26.1 Å². The molecule has 196 valence electrons. The Kier molecular flexibility index (Phi) is 7.49. The fraction of sp³-hybridized carbons (Fsp3) is 0.727. The summed E-state index contributed by atoms with van der Waals surface area (Å²) in [6, 6.07) is 0.537. The molecule has 1 aliphatic carbocycles. The van der Waals surface area contributed by atoms with Gasteiger partial charge in [-0.15, -0.1) is 0 Å². The molecule has 9 nitrogen and oxygen atoms in total. The first-order chi connectivity index (χ1) is 16.4. The van der Waals surface area contributed by atoms with Crippen LogP contribution >= 0.6 is 0 Å². The number of alkyl halides is 3. The molecule has 3 unspecified atom stereocenters. The van der Waals surface area contributed by atoms with Crippen LogP contribution in [0.15, 0.2) is 12.1 Å². The fourth-order valence-electron chi connectivity index (χ4n) is 5.15. The second-order valence-electron chi connectivity index (χ2n) is 9.44. The van der Waals surface area contributed by atoms with Crippen LogP contribution in [0.25, 0.3) is 0 Å². The van der Waals surface area contributed by atoms with Crippen LogP contribution in [0.5, 0.6) is 5.88 Å². The van der Waals surface area contributed by atoms with E-state index in [0.717, 1.165) is 18.4 Å². The number of halogens is 3. The van der Waals surface area contributed by atoms with Crippen LogP contribution in [-0.4, -0.2) is 74.7 Å². The fourth-order valence-corrected chi connectivity index (χ4v) is 5.96. The van der Waals surface area contributed by atoms with Crippen molar-refractivity contribution in [2.45, 2.75) is 75.4 Å². The van der Waals surface area contributed by atoms with Crippen LogP contribution in [-0.2, 0) is 25.7 Å². The molecule has 0 aromatic carbocycles. The van der Waals surface area contributed by atoms with Gasteiger partial charge in [0.15, 0.2) is 0 Å². The summed E-state index contributed by atoms with van der Waals surface area (Å²) < 4.78 is 83.6. The van der Waals surface area contributed by atoms with Crippen molar-refractivity contribution in [3.63, 3.8) is 0 Å². The van der Waals surface area contributed by atoms with Gasteiger partial charge in [0, 0.05) is 29.8 Å². The predicted octanol–water partition coefficient (Wildman–Crippen LogP) is 3.05. The Morgan fingerprint density at radius 1 is 1.11 bits per heavy atom. The van der Waals surface area contributed by atoms with Crippen molar-refractivity contribution in [3.8, 4) is 5.88 Å². The van der Waals surface area contributed by atoms with E-state index in [1.165, 1.54) is 4.90 Å². The maximum Gasteiger partial charge on any atom is 0.416 e. The van der Waals surface area contributed by atoms with Gasteiger partial charge < -0.3 is 14.2 Å². The van der Waals surface area contributed by atoms with Crippen LogP contribution < -0.4 is 9.46 Å². The minimum absolute atomic E-state index is 0.115. The molecule has 1 aromatic heterocycles. The maximum atomic E-state index is 13.5. The lowest BCUT2D eigenvalue weighted by Crippen LogP contribution is -2.50. The summed E-state index contributed by atoms with van der Waals surface area (Å²) in [5, 5.41) is 0. The third-order valence-corrected chi connectivity index (χ3v) is 7.50. The summed E-state index contributed by atoms with van der Waals surface area (Å²) in [7, 11) is -3.51. The highest BCUT2D eigenvalue weighted by atomic mass is 32.2. The van der Waals surface area contributed by atoms with Gasteiger partial charge >= 0.3 is 12.3 Å². The number of ether oxygens (including phenoxy) is 3. The van der Waals surface area contributed by atoms with Crippen molar-refractivity contribution >= 4 is 16.1 Å². The lowest BCUT2D eigenvalue weighted by molar-refractivity contribution is -0.137. The molecule has 5 rings (SSSR count). The second kappa shape index (κ2) is 10.1. The molecule has 3 atom stereocenters. The Morgan fingerprint density at radius 3 is 2.46 bits per heavy atom. The summed E-state index contributed by atoms with van der Waals surface area (Å²) in [6.45, 7) is 1.52. The van der Waals surface area contributed by atoms with Gasteiger partial charge in [-0.2, -0.15) is 13.2 Å². The minimum Gasteiger partial charge on any atom is -0.474 e. The van der Waals surface area contributed by atoms with E-state index < -0.39 is 39.9 Å². The van der Waals surface area contributed by atoms with Crippen molar-refractivity contribution in [3.05, 3.63) is 23.4 Å². The monoisotopic (exact) mass is 521 g/mol. The van der Waals surface area contributed by atoms with Gasteiger partial charge in [0.2, 0.25) is 15.9 Å². The zero-order valence-corrected chi connectivity index (χ0v) is 20.4. The first-order valence-electron chi connectivity index (χ1n) is 11.7. The standard InChI is InChI=1S/C22H30F3N3O6S/c1-13-9-18(27-35(2,30)31)19-12-34-16-5-3-14(4-6-16)17-10-15(22(23,24)25)11-20(26-17)32-7-8-33-21(29)28(13)19/h10-11,13-14,16,18-19,27H,3-9,12H2,1-2H3. The number of rotatable bonds is 2. The highest BCUT2D eigenvalue weighted by Gasteiger charge is 2.44. The van der Waals surface area contributed by atoms with Crippen molar-refractivity contribution < 1.29 is 40.6 Å². The van der Waals surface area contributed by atoms with Gasteiger partial charge in [-0.3, -0.25) is 4.90 Å². The summed E-state index contributed by atoms with van der Waals surface area (Å²) in [6.07, 6.45) is -1.50. The molecule has 1 saturated heterocycles. The largest absolute Gasteiger partial charge is 0.474 e. The molecule has 2 fully saturated rings. The maximum absolute atomic E-state index is 13.5. The average molecular weight is 522 g/mol. The number of amides is 1. The van der Waals surface area contributed by atoms with Gasteiger partial charge in [-0.25, -0.2) is 22.9 Å². The molecule has 3 aliphatic heterocycles. The number of pyridine rings is 1. The SMILES string of the molecule is CC1CC(NS(C)(=O)=O)C2COC3CCC(CC3)c3cc(C(F)(F)F)cc(n3)OCCOC(=O)N12. The van der Waals surface area contributed by atoms with Crippen LogP contribution in [0.2, 0.25) is 0 Å². The highest BCUT2D eigenvalue weighted by molar-refractivity contribution is 7.88. The zero-order chi connectivity index (χ0) is 25.4. The molecule has 4 bridgehead atoms. The summed E-state index contributed by atoms with van der Waals surface area (Å²) in [4.78, 5) is 18.7. The Hall–Kier alpha value is -2.12. The minimum atomic E-state index is -4.54. The number of hydrogen-bond acceptors (Lipinski definition) is 7. The van der Waals surface area contributed by atoms with Gasteiger partial charge in [0.25, 0.3) is 0 Å². The van der Waals surface area contributed by atoms with Crippen LogP contribution in [0.1, 0.15) is 56.2 Å². The summed E-state index contributed by atoms with van der Waals surface area (Å²) in [5.41, 5.74) is -0.502. The molecule has 1 saturated carbocycles. The number of aromatic nitrogens is 1. The third kappa shape index (κ3) is 6.36. The van der Waals surface area contributed by atoms with Crippen molar-refractivity contribution in [1.29, 1.82) is 0 Å². The normalized spacial score (nSPS) is 30.5. The van der Waals surface area contributed by atoms with E-state index in [4.69, 9.17) is 14.2 Å². The number of sulfonamides is 1. The number of nitrogens with zero attached hydrogens (tertiary/aromatic N) is 2. The van der Waals surface area contributed by atoms with E-state index in [1.54, 1.807) is 6.92 Å². The second-order valence-corrected chi connectivity index (χ2v) is 11.2. The third-order valence-electron chi connectivity index (χ3n) is 6.77. The molecular formula is C22H30F3N3O6S. The highest BCUT2D eigenvalue weighted by Crippen LogP contribution is 2.38. The molecule has 4 heterocycles. The van der Waals surface area contributed by atoms with Crippen LogP contribution in [0.4, 0.5) is 18.0 Å². The molecule has 0 spiro atoms. The van der Waals surface area contributed by atoms with Crippen molar-refractivity contribution in [1.82, 2.24) is 14.6 Å². The molecule has 0 radical (unpaired) electrons. The van der Waals surface area contributed by atoms with Crippen molar-refractivity contribution in [2.24, 2.45) is 0 Å². The molecule has 1 N–H and O–H groups in total. The molecule has 13 heteroatoms. The van der Waals surface area contributed by atoms with E-state index in [-0.39, 0.29) is 43.8 Å². The average Bonchev–Trinajstić information content (AvgIpc) is 3.07. The number of fused-ring (bicyclic) bond motifs is 7. The Labute approximate surface area is 202 Å². The van der Waals surface area contributed by atoms with Crippen LogP contribution in [0.3, 0.4) is 0 Å². The molecular weight excluding hydrogens is 491 g/mol. The lowest BCUT2D eigenvalue weighted by Gasteiger charge is -2.33. The van der Waals surface area contributed by atoms with E-state index in [0.29, 0.717) is 37.8 Å². The predicted molar refractivity (Wildman–Crippen MR) is 119 cm³/mol. The molecule has 4 aliphatic rings. The zero-order valence-electron chi connectivity index (χ0n) is 19.6. The summed E-state index contributed by atoms with van der Waals surface area (Å²) in [5.74, 6) is -0.325. The van der Waals surface area contributed by atoms with Gasteiger partial charge in [-0.05, 0) is 45.1 Å². The first-order valence-corrected chi connectivity index (χ1v) is 13.6. The Bertz CT molecular complexity index is 1030. The summed E-state index contributed by atoms with van der Waals surface area (Å²) >= 11 is 0. The van der Waals surface area contributed by atoms with E-state index >= 15 is 0 Å². The number of nitrogens with one attached hydrogen (secondary N) is 1. The number of carbonyl (C=O) groups is 1. The lowest BCUT2D eigenvalue weighted by atomic mass is 9.84. The Morgan fingerprint density at radius 2 is 1.80 bits per heavy atom. The first kappa shape index (κ1) is 26.0. The van der Waals surface area contributed by atoms with Gasteiger partial charge in [0.05, 0.1) is 30.6 Å². The number of carbonyl (C=O) groups excluding carboxylic acids is 1. The molecule has 35 heavy (non-hydrogen) atoms. The molecule has 1 amide bonds.